The predicted molar refractivity (Wildman–Crippen MR) is 80.0 cm³/mol. The van der Waals surface area contributed by atoms with Crippen molar-refractivity contribution in [3.05, 3.63) is 28.8 Å². The summed E-state index contributed by atoms with van der Waals surface area (Å²) in [5.41, 5.74) is 0.362. The Kier molecular flexibility index (Phi) is 4.14. The summed E-state index contributed by atoms with van der Waals surface area (Å²) in [6.45, 7) is 5.61. The van der Waals surface area contributed by atoms with Crippen LogP contribution >= 0.6 is 11.6 Å². The normalized spacial score (nSPS) is 18.1. The van der Waals surface area contributed by atoms with Gasteiger partial charge < -0.3 is 9.84 Å². The second-order valence-corrected chi connectivity index (χ2v) is 6.40. The smallest absolute Gasteiger partial charge is 0.414 e. The highest BCUT2D eigenvalue weighted by molar-refractivity contribution is 6.34. The van der Waals surface area contributed by atoms with E-state index in [0.29, 0.717) is 22.7 Å². The van der Waals surface area contributed by atoms with Crippen molar-refractivity contribution in [2.45, 2.75) is 38.7 Å². The number of nitrogens with zero attached hydrogens (tertiary/aromatic N) is 1. The Hall–Kier alpha value is -1.75. The zero-order valence-electron chi connectivity index (χ0n) is 12.2. The van der Waals surface area contributed by atoms with Crippen LogP contribution in [0.5, 0.6) is 0 Å². The van der Waals surface area contributed by atoms with Gasteiger partial charge in [-0.2, -0.15) is 0 Å². The van der Waals surface area contributed by atoms with Crippen molar-refractivity contribution in [2.75, 3.05) is 11.4 Å². The van der Waals surface area contributed by atoms with Gasteiger partial charge in [0, 0.05) is 6.54 Å². The fraction of sp³-hybridized carbons (Fsp3) is 0.467. The third-order valence-corrected chi connectivity index (χ3v) is 3.52. The van der Waals surface area contributed by atoms with Crippen molar-refractivity contribution in [3.8, 4) is 0 Å². The minimum atomic E-state index is -0.914. The maximum absolute atomic E-state index is 12.3. The molecule has 0 spiro atoms. The van der Waals surface area contributed by atoms with Crippen LogP contribution in [-0.4, -0.2) is 29.3 Å². The molecular weight excluding hydrogens is 294 g/mol. The molecule has 1 heterocycles. The molecule has 1 aliphatic rings. The van der Waals surface area contributed by atoms with Crippen molar-refractivity contribution in [3.63, 3.8) is 0 Å². The van der Waals surface area contributed by atoms with Crippen LogP contribution in [0.25, 0.3) is 0 Å². The first kappa shape index (κ1) is 15.6. The van der Waals surface area contributed by atoms with Gasteiger partial charge in [0.05, 0.1) is 16.6 Å². The van der Waals surface area contributed by atoms with E-state index in [1.54, 1.807) is 39.0 Å². The number of halogens is 1. The van der Waals surface area contributed by atoms with E-state index in [4.69, 9.17) is 16.3 Å². The molecule has 1 N–H and O–H groups in total. The number of para-hydroxylation sites is 1. The summed E-state index contributed by atoms with van der Waals surface area (Å²) in [6.07, 6.45) is -0.178. The number of amides is 1. The fourth-order valence-corrected chi connectivity index (χ4v) is 2.66. The molecule has 1 aromatic carbocycles. The Morgan fingerprint density at radius 1 is 1.38 bits per heavy atom. The molecule has 1 aliphatic heterocycles. The predicted octanol–water partition coefficient (Wildman–Crippen LogP) is 3.65. The molecule has 1 unspecified atom stereocenters. The number of carboxylic acids is 1. The number of carbonyl (C=O) groups excluding carboxylic acids is 1. The molecule has 114 valence electrons. The van der Waals surface area contributed by atoms with E-state index in [0.717, 1.165) is 0 Å². The fourth-order valence-electron chi connectivity index (χ4n) is 2.38. The summed E-state index contributed by atoms with van der Waals surface area (Å²) in [5, 5.41) is 9.66. The zero-order chi connectivity index (χ0) is 15.8. The number of ether oxygens (including phenoxy) is 1. The quantitative estimate of drug-likeness (QED) is 0.859. The van der Waals surface area contributed by atoms with Crippen LogP contribution in [0.3, 0.4) is 0 Å². The van der Waals surface area contributed by atoms with E-state index in [1.807, 2.05) is 0 Å². The van der Waals surface area contributed by atoms with Gasteiger partial charge in [0.2, 0.25) is 0 Å². The second kappa shape index (κ2) is 5.56. The van der Waals surface area contributed by atoms with Crippen molar-refractivity contribution in [1.82, 2.24) is 0 Å². The lowest BCUT2D eigenvalue weighted by molar-refractivity contribution is -0.139. The number of anilines is 1. The van der Waals surface area contributed by atoms with Gasteiger partial charge in [-0.15, -0.1) is 0 Å². The standard InChI is InChI=1S/C15H18ClNO4/c1-15(2,3)21-14(20)17-8-7-10(13(18)19)9-5-4-6-11(16)12(9)17/h4-6,10H,7-8H2,1-3H3,(H,18,19). The minimum Gasteiger partial charge on any atom is -0.481 e. The van der Waals surface area contributed by atoms with Gasteiger partial charge >= 0.3 is 12.1 Å². The minimum absolute atomic E-state index is 0.266. The van der Waals surface area contributed by atoms with Gasteiger partial charge in [0.25, 0.3) is 0 Å². The Morgan fingerprint density at radius 3 is 2.62 bits per heavy atom. The molecular formula is C15H18ClNO4. The molecule has 1 amide bonds. The van der Waals surface area contributed by atoms with Crippen molar-refractivity contribution in [1.29, 1.82) is 0 Å². The molecule has 0 saturated heterocycles. The third-order valence-electron chi connectivity index (χ3n) is 3.22. The zero-order valence-corrected chi connectivity index (χ0v) is 13.0. The lowest BCUT2D eigenvalue weighted by Crippen LogP contribution is -2.41. The largest absolute Gasteiger partial charge is 0.481 e. The van der Waals surface area contributed by atoms with Crippen molar-refractivity contribution in [2.24, 2.45) is 0 Å². The molecule has 1 atom stereocenters. The van der Waals surface area contributed by atoms with Gasteiger partial charge in [0.15, 0.2) is 0 Å². The molecule has 0 bridgehead atoms. The van der Waals surface area contributed by atoms with Gasteiger partial charge in [-0.3, -0.25) is 9.69 Å². The third kappa shape index (κ3) is 3.29. The Balaban J connectivity index is 2.42. The molecule has 5 nitrogen and oxygen atoms in total. The van der Waals surface area contributed by atoms with Crippen LogP contribution in [0.2, 0.25) is 5.02 Å². The van der Waals surface area contributed by atoms with E-state index in [-0.39, 0.29) is 6.54 Å². The van der Waals surface area contributed by atoms with E-state index in [9.17, 15) is 14.7 Å². The van der Waals surface area contributed by atoms with E-state index in [1.165, 1.54) is 4.90 Å². The number of carbonyl (C=O) groups is 2. The van der Waals surface area contributed by atoms with E-state index < -0.39 is 23.6 Å². The highest BCUT2D eigenvalue weighted by Gasteiger charge is 2.35. The number of hydrogen-bond acceptors (Lipinski definition) is 3. The van der Waals surface area contributed by atoms with Crippen LogP contribution in [-0.2, 0) is 9.53 Å². The maximum Gasteiger partial charge on any atom is 0.414 e. The van der Waals surface area contributed by atoms with Crippen LogP contribution in [0, 0.1) is 0 Å². The van der Waals surface area contributed by atoms with Gasteiger partial charge in [-0.25, -0.2) is 4.79 Å². The average molecular weight is 312 g/mol. The first-order valence-electron chi connectivity index (χ1n) is 6.72. The van der Waals surface area contributed by atoms with Gasteiger partial charge in [0.1, 0.15) is 5.60 Å². The maximum atomic E-state index is 12.3. The Labute approximate surface area is 128 Å². The first-order valence-corrected chi connectivity index (χ1v) is 7.10. The molecule has 21 heavy (non-hydrogen) atoms. The van der Waals surface area contributed by atoms with Crippen molar-refractivity contribution < 1.29 is 19.4 Å². The summed E-state index contributed by atoms with van der Waals surface area (Å²) < 4.78 is 5.37. The molecule has 1 aromatic rings. The summed E-state index contributed by atoms with van der Waals surface area (Å²) in [7, 11) is 0. The highest BCUT2D eigenvalue weighted by atomic mass is 35.5. The van der Waals surface area contributed by atoms with Crippen LogP contribution in [0.4, 0.5) is 10.5 Å². The highest BCUT2D eigenvalue weighted by Crippen LogP contribution is 2.40. The van der Waals surface area contributed by atoms with Crippen LogP contribution in [0.1, 0.15) is 38.7 Å². The molecule has 0 radical (unpaired) electrons. The topological polar surface area (TPSA) is 66.8 Å². The molecule has 0 aromatic heterocycles. The number of benzene rings is 1. The second-order valence-electron chi connectivity index (χ2n) is 5.99. The molecule has 0 fully saturated rings. The Morgan fingerprint density at radius 2 is 2.05 bits per heavy atom. The molecule has 6 heteroatoms. The van der Waals surface area contributed by atoms with Crippen LogP contribution in [0.15, 0.2) is 18.2 Å². The van der Waals surface area contributed by atoms with Gasteiger partial charge in [-0.1, -0.05) is 23.7 Å². The molecule has 2 rings (SSSR count). The monoisotopic (exact) mass is 311 g/mol. The molecule has 0 aliphatic carbocycles. The lowest BCUT2D eigenvalue weighted by Gasteiger charge is -2.34. The van der Waals surface area contributed by atoms with Crippen molar-refractivity contribution >= 4 is 29.4 Å². The number of fused-ring (bicyclic) bond motifs is 1. The number of aliphatic carboxylic acids is 1. The number of rotatable bonds is 1. The van der Waals surface area contributed by atoms with E-state index in [2.05, 4.69) is 0 Å². The average Bonchev–Trinajstić information content (AvgIpc) is 2.35. The summed E-state index contributed by atoms with van der Waals surface area (Å²) in [4.78, 5) is 25.1. The van der Waals surface area contributed by atoms with Gasteiger partial charge in [-0.05, 0) is 38.8 Å². The lowest BCUT2D eigenvalue weighted by atomic mass is 9.90. The number of carboxylic acid groups (broad SMARTS) is 1. The first-order chi connectivity index (χ1) is 9.70. The summed E-state index contributed by atoms with van der Waals surface area (Å²) >= 11 is 6.18. The Bertz CT molecular complexity index is 580. The summed E-state index contributed by atoms with van der Waals surface area (Å²) in [5.74, 6) is -1.57. The van der Waals surface area contributed by atoms with Crippen LogP contribution < -0.4 is 4.90 Å². The molecule has 0 saturated carbocycles. The number of hydrogen-bond donors (Lipinski definition) is 1. The SMILES string of the molecule is CC(C)(C)OC(=O)N1CCC(C(=O)O)c2cccc(Cl)c21. The van der Waals surface area contributed by atoms with E-state index >= 15 is 0 Å². The summed E-state index contributed by atoms with van der Waals surface area (Å²) in [6, 6.07) is 5.02.